The highest BCUT2D eigenvalue weighted by molar-refractivity contribution is 6.32. The molecule has 4 heterocycles. The number of nitrogens with one attached hydrogen (secondary N) is 2. The number of imide groups is 2. The molecule has 8 rings (SSSR count). The number of benzene rings is 2. The molecule has 2 N–H and O–H groups in total. The number of carbonyl (C=O) groups excluding carboxylic acids is 5. The molecule has 3 aromatic rings. The van der Waals surface area contributed by atoms with Crippen molar-refractivity contribution >= 4 is 46.8 Å². The molecule has 2 aliphatic carbocycles. The SMILES string of the molecule is CN(c1ccc(C#N)c(Cl)c1)[C@H]1CC[C@H](NC(=O)c2ccc([C@H]3CC[C@H](CN4Cc5cc6c(cc5C4)C(=O)N([C@H]4CCC(=O)NC4=O)C6=O)CC3)cn2)CC1. The van der Waals surface area contributed by atoms with Crippen LogP contribution in [0.1, 0.15) is 124 Å². The van der Waals surface area contributed by atoms with Crippen LogP contribution >= 0.6 is 11.6 Å². The van der Waals surface area contributed by atoms with E-state index in [2.05, 4.69) is 44.6 Å². The van der Waals surface area contributed by atoms with E-state index >= 15 is 0 Å². The molecule has 5 amide bonds. The Hall–Kier alpha value is -5.12. The number of carbonyl (C=O) groups is 5. The highest BCUT2D eigenvalue weighted by Gasteiger charge is 2.45. The normalized spacial score (nSPS) is 25.3. The molecule has 3 fully saturated rings. The first-order chi connectivity index (χ1) is 26.6. The van der Waals surface area contributed by atoms with E-state index in [1.807, 2.05) is 36.5 Å². The number of aromatic nitrogens is 1. The third kappa shape index (κ3) is 7.35. The lowest BCUT2D eigenvalue weighted by molar-refractivity contribution is -0.136. The summed E-state index contributed by atoms with van der Waals surface area (Å²) in [5.74, 6) is -1.11. The fourth-order valence-electron chi connectivity index (χ4n) is 9.28. The van der Waals surface area contributed by atoms with Gasteiger partial charge in [0.05, 0.1) is 21.7 Å². The number of nitrogens with zero attached hydrogens (tertiary/aromatic N) is 5. The van der Waals surface area contributed by atoms with Gasteiger partial charge in [0.25, 0.3) is 17.7 Å². The molecule has 1 saturated heterocycles. The van der Waals surface area contributed by atoms with E-state index in [1.54, 1.807) is 6.07 Å². The molecule has 13 heteroatoms. The van der Waals surface area contributed by atoms with Crippen molar-refractivity contribution in [3.05, 3.63) is 92.8 Å². The van der Waals surface area contributed by atoms with Gasteiger partial charge in [-0.15, -0.1) is 0 Å². The molecule has 2 aromatic carbocycles. The lowest BCUT2D eigenvalue weighted by Gasteiger charge is -2.36. The van der Waals surface area contributed by atoms with Gasteiger partial charge in [-0.3, -0.25) is 44.1 Å². The lowest BCUT2D eigenvalue weighted by Crippen LogP contribution is -2.54. The van der Waals surface area contributed by atoms with Crippen molar-refractivity contribution < 1.29 is 24.0 Å². The van der Waals surface area contributed by atoms with Gasteiger partial charge in [0, 0.05) is 57.1 Å². The van der Waals surface area contributed by atoms with Gasteiger partial charge in [0.1, 0.15) is 17.8 Å². The highest BCUT2D eigenvalue weighted by atomic mass is 35.5. The fraction of sp³-hybridized carbons (Fsp3) is 0.452. The Labute approximate surface area is 325 Å². The van der Waals surface area contributed by atoms with E-state index < -0.39 is 23.8 Å². The summed E-state index contributed by atoms with van der Waals surface area (Å²) in [6.45, 7) is 2.36. The van der Waals surface area contributed by atoms with Gasteiger partial charge in [-0.2, -0.15) is 5.26 Å². The number of hydrogen-bond acceptors (Lipinski definition) is 9. The van der Waals surface area contributed by atoms with Gasteiger partial charge in [-0.1, -0.05) is 17.7 Å². The van der Waals surface area contributed by atoms with E-state index in [0.29, 0.717) is 58.4 Å². The van der Waals surface area contributed by atoms with Crippen molar-refractivity contribution in [2.24, 2.45) is 5.92 Å². The molecule has 1 atom stereocenters. The van der Waals surface area contributed by atoms with E-state index in [-0.39, 0.29) is 30.7 Å². The summed E-state index contributed by atoms with van der Waals surface area (Å²) in [5.41, 5.74) is 5.83. The molecule has 55 heavy (non-hydrogen) atoms. The van der Waals surface area contributed by atoms with Gasteiger partial charge in [-0.05, 0) is 123 Å². The number of fused-ring (bicyclic) bond motifs is 2. The molecular weight excluding hydrogens is 718 g/mol. The minimum atomic E-state index is -0.960. The zero-order valence-corrected chi connectivity index (χ0v) is 31.6. The summed E-state index contributed by atoms with van der Waals surface area (Å²) < 4.78 is 0. The molecule has 0 spiro atoms. The number of anilines is 1. The maximum Gasteiger partial charge on any atom is 0.270 e. The second kappa shape index (κ2) is 15.2. The van der Waals surface area contributed by atoms with Crippen LogP contribution in [0.3, 0.4) is 0 Å². The van der Waals surface area contributed by atoms with Crippen LogP contribution < -0.4 is 15.5 Å². The van der Waals surface area contributed by atoms with Crippen molar-refractivity contribution in [3.8, 4) is 6.07 Å². The maximum atomic E-state index is 13.3. The van der Waals surface area contributed by atoms with Crippen LogP contribution in [0.25, 0.3) is 0 Å². The number of piperidine rings is 1. The lowest BCUT2D eigenvalue weighted by atomic mass is 9.79. The summed E-state index contributed by atoms with van der Waals surface area (Å²) >= 11 is 6.26. The molecule has 1 aromatic heterocycles. The third-order valence-electron chi connectivity index (χ3n) is 12.5. The van der Waals surface area contributed by atoms with Crippen LogP contribution in [-0.4, -0.2) is 76.0 Å². The summed E-state index contributed by atoms with van der Waals surface area (Å²) in [4.78, 5) is 74.0. The van der Waals surface area contributed by atoms with Crippen LogP contribution in [0.15, 0.2) is 48.7 Å². The van der Waals surface area contributed by atoms with Gasteiger partial charge >= 0.3 is 0 Å². The van der Waals surface area contributed by atoms with Gasteiger partial charge in [-0.25, -0.2) is 0 Å². The Kier molecular flexibility index (Phi) is 10.2. The molecular formula is C42H44ClN7O5. The van der Waals surface area contributed by atoms with Crippen LogP contribution in [0.2, 0.25) is 5.02 Å². The van der Waals surface area contributed by atoms with Crippen molar-refractivity contribution in [3.63, 3.8) is 0 Å². The van der Waals surface area contributed by atoms with Crippen molar-refractivity contribution in [1.82, 2.24) is 25.4 Å². The first-order valence-corrected chi connectivity index (χ1v) is 19.7. The Morgan fingerprint density at radius 3 is 2.22 bits per heavy atom. The Bertz CT molecular complexity index is 2050. The zero-order valence-electron chi connectivity index (χ0n) is 30.9. The summed E-state index contributed by atoms with van der Waals surface area (Å²) in [5, 5.41) is 15.1. The summed E-state index contributed by atoms with van der Waals surface area (Å²) in [6, 6.07) is 14.7. The minimum absolute atomic E-state index is 0.0986. The molecule has 5 aliphatic rings. The predicted octanol–water partition coefficient (Wildman–Crippen LogP) is 5.47. The van der Waals surface area contributed by atoms with Crippen molar-refractivity contribution in [2.45, 2.75) is 101 Å². The molecule has 3 aliphatic heterocycles. The quantitative estimate of drug-likeness (QED) is 0.284. The van der Waals surface area contributed by atoms with Crippen molar-refractivity contribution in [2.75, 3.05) is 18.5 Å². The van der Waals surface area contributed by atoms with Crippen LogP contribution in [0, 0.1) is 17.2 Å². The van der Waals surface area contributed by atoms with Crippen LogP contribution in [-0.2, 0) is 22.7 Å². The van der Waals surface area contributed by atoms with Gasteiger partial charge in [0.2, 0.25) is 11.8 Å². The molecule has 0 unspecified atom stereocenters. The largest absolute Gasteiger partial charge is 0.372 e. The van der Waals surface area contributed by atoms with E-state index in [0.717, 1.165) is 79.6 Å². The molecule has 0 bridgehead atoms. The van der Waals surface area contributed by atoms with Crippen LogP contribution in [0.4, 0.5) is 5.69 Å². The number of halogens is 1. The average Bonchev–Trinajstić information content (AvgIpc) is 3.69. The first kappa shape index (κ1) is 36.8. The molecule has 284 valence electrons. The average molecular weight is 762 g/mol. The second-order valence-corrected chi connectivity index (χ2v) is 16.3. The Morgan fingerprint density at radius 2 is 1.62 bits per heavy atom. The minimum Gasteiger partial charge on any atom is -0.372 e. The number of hydrogen-bond donors (Lipinski definition) is 2. The van der Waals surface area contributed by atoms with E-state index in [1.165, 1.54) is 5.56 Å². The number of amides is 5. The fourth-order valence-corrected chi connectivity index (χ4v) is 9.50. The smallest absolute Gasteiger partial charge is 0.270 e. The molecule has 2 saturated carbocycles. The van der Waals surface area contributed by atoms with Crippen LogP contribution in [0.5, 0.6) is 0 Å². The van der Waals surface area contributed by atoms with E-state index in [4.69, 9.17) is 11.6 Å². The maximum absolute atomic E-state index is 13.3. The molecule has 12 nitrogen and oxygen atoms in total. The van der Waals surface area contributed by atoms with Crippen molar-refractivity contribution in [1.29, 1.82) is 5.26 Å². The third-order valence-corrected chi connectivity index (χ3v) is 12.8. The second-order valence-electron chi connectivity index (χ2n) is 15.8. The number of pyridine rings is 1. The Morgan fingerprint density at radius 1 is 0.927 bits per heavy atom. The van der Waals surface area contributed by atoms with Gasteiger partial charge in [0.15, 0.2) is 0 Å². The topological polar surface area (TPSA) is 156 Å². The number of rotatable bonds is 8. The Balaban J connectivity index is 0.784. The number of nitriles is 1. The summed E-state index contributed by atoms with van der Waals surface area (Å²) in [6.07, 6.45) is 10.0. The standard InChI is InChI=1S/C42H44ClN7O5/c1-48(32-10-6-26(19-44)35(43)18-32)31-11-8-30(9-12-31)46-39(52)36-13-7-27(20-45-36)25-4-2-24(3-5-25)21-49-22-28-16-33-34(17-29(28)23-49)42(55)50(41(33)54)37-14-15-38(51)47-40(37)53/h6-7,10,13,16-18,20,24-25,30-31,37H,2-5,8-9,11-12,14-15,21-23H2,1H3,(H,46,52)(H,47,51,53)/t24-,25-,30-,31-,37-/m0/s1. The predicted molar refractivity (Wildman–Crippen MR) is 204 cm³/mol. The highest BCUT2D eigenvalue weighted by Crippen LogP contribution is 2.38. The van der Waals surface area contributed by atoms with Gasteiger partial charge < -0.3 is 10.2 Å². The van der Waals surface area contributed by atoms with E-state index in [9.17, 15) is 29.2 Å². The summed E-state index contributed by atoms with van der Waals surface area (Å²) in [7, 11) is 2.05. The zero-order chi connectivity index (χ0) is 38.4. The first-order valence-electron chi connectivity index (χ1n) is 19.3. The molecule has 0 radical (unpaired) electrons. The monoisotopic (exact) mass is 761 g/mol.